The molecule has 0 unspecified atom stereocenters. The van der Waals surface area contributed by atoms with Gasteiger partial charge in [0.15, 0.2) is 0 Å². The molecule has 2 aliphatic heterocycles. The Hall–Kier alpha value is -2.74. The van der Waals surface area contributed by atoms with Gasteiger partial charge in [0.05, 0.1) is 30.4 Å². The Morgan fingerprint density at radius 1 is 0.774 bits per heavy atom. The van der Waals surface area contributed by atoms with Gasteiger partial charge in [-0.05, 0) is 35.4 Å². The predicted octanol–water partition coefficient (Wildman–Crippen LogP) is 2.46. The van der Waals surface area contributed by atoms with Crippen molar-refractivity contribution in [2.24, 2.45) is 0 Å². The smallest absolute Gasteiger partial charge is 0.147 e. The van der Waals surface area contributed by atoms with Crippen LogP contribution in [0.2, 0.25) is 0 Å². The van der Waals surface area contributed by atoms with Crippen LogP contribution in [0.4, 0.5) is 5.82 Å². The van der Waals surface area contributed by atoms with E-state index in [0.717, 1.165) is 93.5 Å². The van der Waals surface area contributed by atoms with Gasteiger partial charge in [0.25, 0.3) is 0 Å². The van der Waals surface area contributed by atoms with Crippen molar-refractivity contribution in [2.75, 3.05) is 70.5 Å². The molecule has 2 saturated heterocycles. The number of morpholine rings is 1. The number of aromatic nitrogens is 2. The van der Waals surface area contributed by atoms with Gasteiger partial charge in [-0.1, -0.05) is 18.2 Å². The van der Waals surface area contributed by atoms with Gasteiger partial charge in [0, 0.05) is 52.4 Å². The fraction of sp³-hybridized carbons (Fsp3) is 0.417. The number of nitrogens with zero attached hydrogens (tertiary/aromatic N) is 5. The Kier molecular flexibility index (Phi) is 5.97. The number of benzene rings is 2. The van der Waals surface area contributed by atoms with Crippen molar-refractivity contribution in [3.8, 4) is 16.9 Å². The first kappa shape index (κ1) is 20.2. The van der Waals surface area contributed by atoms with Crippen LogP contribution in [0.1, 0.15) is 0 Å². The van der Waals surface area contributed by atoms with Crippen molar-refractivity contribution in [3.63, 3.8) is 0 Å². The summed E-state index contributed by atoms with van der Waals surface area (Å²) >= 11 is 0. The Morgan fingerprint density at radius 2 is 1.45 bits per heavy atom. The van der Waals surface area contributed by atoms with Crippen LogP contribution in [-0.4, -0.2) is 90.4 Å². The molecule has 2 aromatic carbocycles. The maximum Gasteiger partial charge on any atom is 0.147 e. The van der Waals surface area contributed by atoms with Gasteiger partial charge in [0.2, 0.25) is 0 Å². The summed E-state index contributed by atoms with van der Waals surface area (Å²) in [6.07, 6.45) is 1.89. The fourth-order valence-electron chi connectivity index (χ4n) is 4.30. The van der Waals surface area contributed by atoms with Gasteiger partial charge in [-0.2, -0.15) is 0 Å². The Labute approximate surface area is 182 Å². The van der Waals surface area contributed by atoms with Gasteiger partial charge in [-0.15, -0.1) is 0 Å². The number of phenols is 1. The zero-order chi connectivity index (χ0) is 21.0. The number of anilines is 1. The second kappa shape index (κ2) is 9.18. The van der Waals surface area contributed by atoms with Gasteiger partial charge in [0.1, 0.15) is 11.6 Å². The average molecular weight is 420 g/mol. The molecule has 1 N–H and O–H groups in total. The van der Waals surface area contributed by atoms with Crippen LogP contribution in [-0.2, 0) is 4.74 Å². The lowest BCUT2D eigenvalue weighted by Crippen LogP contribution is -2.49. The molecular weight excluding hydrogens is 390 g/mol. The molecule has 0 spiro atoms. The number of rotatable bonds is 5. The molecule has 0 saturated carbocycles. The van der Waals surface area contributed by atoms with Crippen molar-refractivity contribution < 1.29 is 9.84 Å². The minimum Gasteiger partial charge on any atom is -0.508 e. The SMILES string of the molecule is Oc1ccc(-c2ccc3ncc(N4CCN(CCN5CCOCC5)CC4)nc3c2)cc1. The molecule has 2 aliphatic rings. The highest BCUT2D eigenvalue weighted by atomic mass is 16.5. The minimum atomic E-state index is 0.274. The second-order valence-corrected chi connectivity index (χ2v) is 8.26. The average Bonchev–Trinajstić information content (AvgIpc) is 2.83. The molecule has 0 bridgehead atoms. The van der Waals surface area contributed by atoms with Crippen LogP contribution in [0.3, 0.4) is 0 Å². The van der Waals surface area contributed by atoms with Crippen molar-refractivity contribution in [1.29, 1.82) is 0 Å². The minimum absolute atomic E-state index is 0.274. The third kappa shape index (κ3) is 4.79. The molecule has 0 aliphatic carbocycles. The van der Waals surface area contributed by atoms with Crippen molar-refractivity contribution >= 4 is 16.9 Å². The topological polar surface area (TPSA) is 65.0 Å². The first-order valence-corrected chi connectivity index (χ1v) is 11.1. The zero-order valence-electron chi connectivity index (χ0n) is 17.8. The van der Waals surface area contributed by atoms with Crippen LogP contribution in [0.5, 0.6) is 5.75 Å². The highest BCUT2D eigenvalue weighted by Gasteiger charge is 2.20. The number of aromatic hydroxyl groups is 1. The quantitative estimate of drug-likeness (QED) is 0.681. The summed E-state index contributed by atoms with van der Waals surface area (Å²) in [6, 6.07) is 13.4. The summed E-state index contributed by atoms with van der Waals surface area (Å²) in [5, 5.41) is 9.54. The van der Waals surface area contributed by atoms with Gasteiger partial charge < -0.3 is 14.7 Å². The van der Waals surface area contributed by atoms with E-state index >= 15 is 0 Å². The summed E-state index contributed by atoms with van der Waals surface area (Å²) < 4.78 is 5.44. The molecular formula is C24H29N5O2. The third-order valence-electron chi connectivity index (χ3n) is 6.26. The van der Waals surface area contributed by atoms with Crippen LogP contribution in [0.15, 0.2) is 48.7 Å². The molecule has 31 heavy (non-hydrogen) atoms. The van der Waals surface area contributed by atoms with Gasteiger partial charge >= 0.3 is 0 Å². The molecule has 7 nitrogen and oxygen atoms in total. The molecule has 162 valence electrons. The largest absolute Gasteiger partial charge is 0.508 e. The number of fused-ring (bicyclic) bond motifs is 1. The van der Waals surface area contributed by atoms with Crippen LogP contribution >= 0.6 is 0 Å². The van der Waals surface area contributed by atoms with E-state index in [4.69, 9.17) is 9.72 Å². The predicted molar refractivity (Wildman–Crippen MR) is 123 cm³/mol. The highest BCUT2D eigenvalue weighted by Crippen LogP contribution is 2.26. The van der Waals surface area contributed by atoms with E-state index in [1.807, 2.05) is 24.4 Å². The van der Waals surface area contributed by atoms with Crippen molar-refractivity contribution in [3.05, 3.63) is 48.7 Å². The molecule has 1 aromatic heterocycles. The third-order valence-corrected chi connectivity index (χ3v) is 6.26. The molecule has 7 heteroatoms. The number of hydrogen-bond acceptors (Lipinski definition) is 7. The summed E-state index contributed by atoms with van der Waals surface area (Å²) in [6.45, 7) is 10.1. The molecule has 0 amide bonds. The lowest BCUT2D eigenvalue weighted by Gasteiger charge is -2.36. The van der Waals surface area contributed by atoms with Crippen LogP contribution < -0.4 is 4.90 Å². The number of hydrogen-bond donors (Lipinski definition) is 1. The normalized spacial score (nSPS) is 18.5. The monoisotopic (exact) mass is 419 g/mol. The fourth-order valence-corrected chi connectivity index (χ4v) is 4.30. The lowest BCUT2D eigenvalue weighted by molar-refractivity contribution is 0.0331. The Balaban J connectivity index is 1.23. The number of piperazine rings is 1. The standard InChI is InChI=1S/C24H29N5O2/c30-21-4-1-19(2-5-21)20-3-6-22-23(17-20)26-24(18-25-22)29-11-9-27(10-12-29)7-8-28-13-15-31-16-14-28/h1-6,17-18,30H,7-16H2. The molecule has 3 aromatic rings. The lowest BCUT2D eigenvalue weighted by atomic mass is 10.0. The van der Waals surface area contributed by atoms with Crippen molar-refractivity contribution in [1.82, 2.24) is 19.8 Å². The van der Waals surface area contributed by atoms with Crippen molar-refractivity contribution in [2.45, 2.75) is 0 Å². The molecule has 0 atom stereocenters. The van der Waals surface area contributed by atoms with E-state index < -0.39 is 0 Å². The number of phenolic OH excluding ortho intramolecular Hbond substituents is 1. The number of ether oxygens (including phenoxy) is 1. The van der Waals surface area contributed by atoms with Gasteiger partial charge in [-0.3, -0.25) is 14.8 Å². The highest BCUT2D eigenvalue weighted by molar-refractivity contribution is 5.82. The summed E-state index contributed by atoms with van der Waals surface area (Å²) in [5.41, 5.74) is 3.93. The zero-order valence-corrected chi connectivity index (χ0v) is 17.8. The van der Waals surface area contributed by atoms with E-state index in [-0.39, 0.29) is 5.75 Å². The molecule has 5 rings (SSSR count). The van der Waals surface area contributed by atoms with E-state index in [9.17, 15) is 5.11 Å². The van der Waals surface area contributed by atoms with Gasteiger partial charge in [-0.25, -0.2) is 4.98 Å². The Bertz CT molecular complexity index is 1010. The first-order valence-electron chi connectivity index (χ1n) is 11.1. The Morgan fingerprint density at radius 3 is 2.19 bits per heavy atom. The second-order valence-electron chi connectivity index (χ2n) is 8.26. The maximum atomic E-state index is 9.54. The van der Waals surface area contributed by atoms with Crippen LogP contribution in [0, 0.1) is 0 Å². The first-order chi connectivity index (χ1) is 15.2. The maximum absolute atomic E-state index is 9.54. The van der Waals surface area contributed by atoms with Crippen LogP contribution in [0.25, 0.3) is 22.2 Å². The molecule has 0 radical (unpaired) electrons. The summed E-state index contributed by atoms with van der Waals surface area (Å²) in [4.78, 5) is 16.9. The van der Waals surface area contributed by atoms with E-state index in [0.29, 0.717) is 0 Å². The van der Waals surface area contributed by atoms with E-state index in [1.54, 1.807) is 12.1 Å². The molecule has 2 fully saturated rings. The summed E-state index contributed by atoms with van der Waals surface area (Å²) in [7, 11) is 0. The summed E-state index contributed by atoms with van der Waals surface area (Å²) in [5.74, 6) is 1.22. The van der Waals surface area contributed by atoms with E-state index in [2.05, 4.69) is 31.8 Å². The van der Waals surface area contributed by atoms with E-state index in [1.165, 1.54) is 0 Å². The molecule has 3 heterocycles.